The van der Waals surface area contributed by atoms with E-state index in [0.717, 1.165) is 22.3 Å². The van der Waals surface area contributed by atoms with Gasteiger partial charge in [-0.3, -0.25) is 4.79 Å². The molecule has 0 radical (unpaired) electrons. The molecule has 1 aliphatic carbocycles. The molecule has 2 amide bonds. The molecule has 0 saturated carbocycles. The van der Waals surface area contributed by atoms with Crippen LogP contribution in [-0.2, 0) is 14.3 Å². The Bertz CT molecular complexity index is 1060. The number of carboxylic acids is 1. The first-order valence-electron chi connectivity index (χ1n) is 9.78. The molecule has 0 fully saturated rings. The Labute approximate surface area is 186 Å². The number of amides is 2. The molecule has 3 rings (SSSR count). The van der Waals surface area contributed by atoms with Crippen molar-refractivity contribution in [2.24, 2.45) is 0 Å². The van der Waals surface area contributed by atoms with E-state index in [1.807, 2.05) is 42.3 Å². The molecule has 1 aliphatic rings. The van der Waals surface area contributed by atoms with E-state index < -0.39 is 48.6 Å². The summed E-state index contributed by atoms with van der Waals surface area (Å²) >= 11 is 0. The van der Waals surface area contributed by atoms with Crippen molar-refractivity contribution in [2.75, 3.05) is 6.61 Å². The minimum atomic E-state index is -5.20. The van der Waals surface area contributed by atoms with Crippen LogP contribution in [0.25, 0.3) is 11.1 Å². The van der Waals surface area contributed by atoms with Crippen LogP contribution < -0.4 is 10.6 Å². The smallest absolute Gasteiger partial charge is 0.417 e. The van der Waals surface area contributed by atoms with Gasteiger partial charge in [0, 0.05) is 12.3 Å². The van der Waals surface area contributed by atoms with Gasteiger partial charge >= 0.3 is 18.2 Å². The maximum absolute atomic E-state index is 13.4. The first-order valence-corrected chi connectivity index (χ1v) is 9.78. The second-order valence-electron chi connectivity index (χ2n) is 7.25. The molecule has 2 atom stereocenters. The van der Waals surface area contributed by atoms with Gasteiger partial charge < -0.3 is 20.5 Å². The number of aliphatic carboxylic acids is 1. The van der Waals surface area contributed by atoms with E-state index in [1.54, 1.807) is 17.4 Å². The second-order valence-corrected chi connectivity index (χ2v) is 7.25. The van der Waals surface area contributed by atoms with E-state index in [1.165, 1.54) is 5.32 Å². The van der Waals surface area contributed by atoms with E-state index in [9.17, 15) is 27.6 Å². The van der Waals surface area contributed by atoms with Crippen LogP contribution in [0.4, 0.5) is 18.0 Å². The van der Waals surface area contributed by atoms with Crippen LogP contribution in [0.5, 0.6) is 0 Å². The van der Waals surface area contributed by atoms with E-state index in [-0.39, 0.29) is 6.61 Å². The minimum Gasteiger partial charge on any atom is -0.480 e. The maximum atomic E-state index is 13.4. The Morgan fingerprint density at radius 1 is 1.03 bits per heavy atom. The lowest BCUT2D eigenvalue weighted by Gasteiger charge is -2.23. The first-order chi connectivity index (χ1) is 15.6. The number of alkyl halides is 3. The van der Waals surface area contributed by atoms with Crippen LogP contribution in [0, 0.1) is 12.3 Å². The summed E-state index contributed by atoms with van der Waals surface area (Å²) in [7, 11) is 0. The summed E-state index contributed by atoms with van der Waals surface area (Å²) in [6, 6.07) is 10.0. The van der Waals surface area contributed by atoms with E-state index in [0.29, 0.717) is 0 Å². The molecule has 0 bridgehead atoms. The van der Waals surface area contributed by atoms with Crippen LogP contribution >= 0.6 is 0 Å². The van der Waals surface area contributed by atoms with Gasteiger partial charge in [0.2, 0.25) is 6.04 Å². The van der Waals surface area contributed by atoms with Gasteiger partial charge in [-0.2, -0.15) is 13.2 Å². The Morgan fingerprint density at radius 2 is 1.58 bits per heavy atom. The number of hydrogen-bond acceptors (Lipinski definition) is 4. The lowest BCUT2D eigenvalue weighted by Crippen LogP contribution is -2.57. The molecular weight excluding hydrogens is 441 g/mol. The normalized spacial score (nSPS) is 14.2. The number of carbonyl (C=O) groups excluding carboxylic acids is 2. The number of nitrogens with one attached hydrogen (secondary N) is 2. The highest BCUT2D eigenvalue weighted by atomic mass is 19.4. The zero-order valence-corrected chi connectivity index (χ0v) is 17.1. The third kappa shape index (κ3) is 5.26. The fraction of sp³-hybridized carbons (Fsp3) is 0.261. The lowest BCUT2D eigenvalue weighted by atomic mass is 9.98. The summed E-state index contributed by atoms with van der Waals surface area (Å²) in [5.74, 6) is -1.82. The fourth-order valence-corrected chi connectivity index (χ4v) is 3.63. The summed E-state index contributed by atoms with van der Waals surface area (Å²) in [6.45, 7) is -0.263. The monoisotopic (exact) mass is 460 g/mol. The number of hydrogen-bond donors (Lipinski definition) is 3. The molecule has 2 aromatic carbocycles. The van der Waals surface area contributed by atoms with Gasteiger partial charge in [-0.15, -0.1) is 12.3 Å². The number of carboxylic acid groups (broad SMARTS) is 1. The average Bonchev–Trinajstić information content (AvgIpc) is 3.08. The SMILES string of the molecule is C#CCC(NC(=O)C(NC(=O)OCC1c2ccccc2-c2ccccc21)C(F)(F)F)C(=O)O. The van der Waals surface area contributed by atoms with Crippen LogP contribution in [-0.4, -0.2) is 47.9 Å². The van der Waals surface area contributed by atoms with E-state index in [4.69, 9.17) is 16.3 Å². The van der Waals surface area contributed by atoms with Gasteiger partial charge in [0.1, 0.15) is 12.6 Å². The van der Waals surface area contributed by atoms with Crippen LogP contribution in [0.15, 0.2) is 48.5 Å². The molecule has 0 spiro atoms. The average molecular weight is 460 g/mol. The quantitative estimate of drug-likeness (QED) is 0.551. The second kappa shape index (κ2) is 9.65. The number of benzene rings is 2. The molecule has 10 heteroatoms. The molecule has 0 saturated heterocycles. The zero-order chi connectivity index (χ0) is 24.2. The summed E-state index contributed by atoms with van der Waals surface area (Å²) in [5, 5.41) is 12.1. The minimum absolute atomic E-state index is 0.263. The number of carbonyl (C=O) groups is 3. The van der Waals surface area contributed by atoms with Gasteiger partial charge in [0.05, 0.1) is 0 Å². The third-order valence-electron chi connectivity index (χ3n) is 5.13. The number of alkyl carbamates (subject to hydrolysis) is 1. The molecular formula is C23H19F3N2O5. The van der Waals surface area contributed by atoms with Gasteiger partial charge in [0.25, 0.3) is 5.91 Å². The highest BCUT2D eigenvalue weighted by Gasteiger charge is 2.47. The summed E-state index contributed by atoms with van der Waals surface area (Å²) in [5.41, 5.74) is 3.58. The summed E-state index contributed by atoms with van der Waals surface area (Å²) < 4.78 is 45.2. The van der Waals surface area contributed by atoms with Crippen molar-refractivity contribution in [2.45, 2.75) is 30.6 Å². The zero-order valence-electron chi connectivity index (χ0n) is 17.1. The van der Waals surface area contributed by atoms with Gasteiger partial charge in [-0.1, -0.05) is 48.5 Å². The predicted octanol–water partition coefficient (Wildman–Crippen LogP) is 3.05. The third-order valence-corrected chi connectivity index (χ3v) is 5.13. The number of rotatable bonds is 7. The highest BCUT2D eigenvalue weighted by molar-refractivity contribution is 5.90. The number of terminal acetylenes is 1. The number of fused-ring (bicyclic) bond motifs is 3. The van der Waals surface area contributed by atoms with Crippen molar-refractivity contribution in [1.82, 2.24) is 10.6 Å². The molecule has 2 unspecified atom stereocenters. The molecule has 0 aliphatic heterocycles. The van der Waals surface area contributed by atoms with Crippen LogP contribution in [0.3, 0.4) is 0 Å². The molecule has 0 aromatic heterocycles. The highest BCUT2D eigenvalue weighted by Crippen LogP contribution is 2.44. The van der Waals surface area contributed by atoms with Gasteiger partial charge in [0.15, 0.2) is 0 Å². The first kappa shape index (κ1) is 23.7. The van der Waals surface area contributed by atoms with Crippen LogP contribution in [0.1, 0.15) is 23.5 Å². The van der Waals surface area contributed by atoms with Crippen LogP contribution in [0.2, 0.25) is 0 Å². The Hall–Kier alpha value is -4.00. The Balaban J connectivity index is 1.70. The largest absolute Gasteiger partial charge is 0.480 e. The van der Waals surface area contributed by atoms with Crippen molar-refractivity contribution < 1.29 is 37.4 Å². The van der Waals surface area contributed by atoms with E-state index in [2.05, 4.69) is 0 Å². The molecule has 7 nitrogen and oxygen atoms in total. The lowest BCUT2D eigenvalue weighted by molar-refractivity contribution is -0.169. The number of halogens is 3. The molecule has 0 heterocycles. The summed E-state index contributed by atoms with van der Waals surface area (Å²) in [6.07, 6.45) is -2.23. The van der Waals surface area contributed by atoms with Crippen molar-refractivity contribution in [3.05, 3.63) is 59.7 Å². The van der Waals surface area contributed by atoms with Crippen molar-refractivity contribution >= 4 is 18.0 Å². The summed E-state index contributed by atoms with van der Waals surface area (Å²) in [4.78, 5) is 35.3. The predicted molar refractivity (Wildman–Crippen MR) is 111 cm³/mol. The van der Waals surface area contributed by atoms with Crippen molar-refractivity contribution in [3.63, 3.8) is 0 Å². The molecule has 3 N–H and O–H groups in total. The fourth-order valence-electron chi connectivity index (χ4n) is 3.63. The van der Waals surface area contributed by atoms with Crippen molar-refractivity contribution in [3.8, 4) is 23.5 Å². The molecule has 2 aromatic rings. The standard InChI is InChI=1S/C23H19F3N2O5/c1-2-7-18(21(30)31)27-20(29)19(23(24,25)26)28-22(32)33-12-17-15-10-5-3-8-13(15)14-9-4-6-11-16(14)17/h1,3-6,8-11,17-19H,7,12H2,(H,27,29)(H,28,32)(H,30,31). The molecule has 172 valence electrons. The van der Waals surface area contributed by atoms with Gasteiger partial charge in [-0.25, -0.2) is 9.59 Å². The van der Waals surface area contributed by atoms with E-state index >= 15 is 0 Å². The van der Waals surface area contributed by atoms with Crippen molar-refractivity contribution in [1.29, 1.82) is 0 Å². The topological polar surface area (TPSA) is 105 Å². The maximum Gasteiger partial charge on any atom is 0.417 e. The Morgan fingerprint density at radius 3 is 2.06 bits per heavy atom. The molecule has 33 heavy (non-hydrogen) atoms. The number of ether oxygens (including phenoxy) is 1. The van der Waals surface area contributed by atoms with Gasteiger partial charge in [-0.05, 0) is 22.3 Å². The Kier molecular flexibility index (Phi) is 6.92.